The second kappa shape index (κ2) is 1.27. The van der Waals surface area contributed by atoms with Gasteiger partial charge in [-0.3, -0.25) is 0 Å². The Balaban J connectivity index is 2.31. The zero-order valence-corrected chi connectivity index (χ0v) is 5.10. The highest BCUT2D eigenvalue weighted by Gasteiger charge is 2.50. The van der Waals surface area contributed by atoms with Gasteiger partial charge in [0.1, 0.15) is 17.5 Å². The highest BCUT2D eigenvalue weighted by molar-refractivity contribution is 5.32. The molecule has 0 aromatic heterocycles. The van der Waals surface area contributed by atoms with E-state index in [0.29, 0.717) is 0 Å². The second-order valence-electron chi connectivity index (χ2n) is 2.61. The van der Waals surface area contributed by atoms with Crippen LogP contribution in [0.2, 0.25) is 0 Å². The molecule has 1 fully saturated rings. The molecule has 0 amide bonds. The summed E-state index contributed by atoms with van der Waals surface area (Å²) in [5, 5.41) is 0. The Morgan fingerprint density at radius 1 is 1.78 bits per heavy atom. The molecule has 1 saturated heterocycles. The molecule has 2 rings (SSSR count). The van der Waals surface area contributed by atoms with E-state index in [1.54, 1.807) is 6.08 Å². The molecule has 1 heterocycles. The van der Waals surface area contributed by atoms with E-state index in [1.807, 2.05) is 6.92 Å². The smallest absolute Gasteiger partial charge is 0.121 e. The van der Waals surface area contributed by atoms with Crippen molar-refractivity contribution in [2.45, 2.75) is 18.6 Å². The molecule has 2 aliphatic rings. The van der Waals surface area contributed by atoms with E-state index in [4.69, 9.17) is 4.74 Å². The first kappa shape index (κ1) is 5.18. The normalized spacial score (nSPS) is 46.0. The van der Waals surface area contributed by atoms with Crippen molar-refractivity contribution in [1.29, 1.82) is 0 Å². The molecule has 0 bridgehead atoms. The minimum Gasteiger partial charge on any atom is -0.357 e. The zero-order valence-electron chi connectivity index (χ0n) is 5.10. The third-order valence-corrected chi connectivity index (χ3v) is 1.77. The predicted octanol–water partition coefficient (Wildman–Crippen LogP) is 1.57. The summed E-state index contributed by atoms with van der Waals surface area (Å²) in [6.45, 7) is 1.94. The number of halogens is 1. The van der Waals surface area contributed by atoms with Gasteiger partial charge in [-0.25, -0.2) is 4.39 Å². The molecule has 2 unspecified atom stereocenters. The summed E-state index contributed by atoms with van der Waals surface area (Å²) >= 11 is 0. The van der Waals surface area contributed by atoms with Crippen molar-refractivity contribution in [3.63, 3.8) is 0 Å². The molecule has 0 radical (unpaired) electrons. The minimum atomic E-state index is -0.185. The maximum absolute atomic E-state index is 12.3. The summed E-state index contributed by atoms with van der Waals surface area (Å²) in [4.78, 5) is 0. The van der Waals surface area contributed by atoms with Gasteiger partial charge < -0.3 is 4.74 Å². The summed E-state index contributed by atoms with van der Waals surface area (Å²) in [7, 11) is 0. The SMILES string of the molecule is CC12C=CC(F)=CC1O2. The van der Waals surface area contributed by atoms with Crippen LogP contribution in [-0.2, 0) is 4.74 Å². The average Bonchev–Trinajstić information content (AvgIpc) is 2.41. The van der Waals surface area contributed by atoms with Gasteiger partial charge in [-0.05, 0) is 25.2 Å². The number of ether oxygens (including phenoxy) is 1. The number of hydrogen-bond donors (Lipinski definition) is 0. The molecule has 0 aromatic rings. The quantitative estimate of drug-likeness (QED) is 0.449. The second-order valence-corrected chi connectivity index (χ2v) is 2.61. The number of hydrogen-bond acceptors (Lipinski definition) is 1. The topological polar surface area (TPSA) is 12.5 Å². The van der Waals surface area contributed by atoms with E-state index in [1.165, 1.54) is 12.2 Å². The number of fused-ring (bicyclic) bond motifs is 1. The first-order chi connectivity index (χ1) is 4.21. The fourth-order valence-corrected chi connectivity index (χ4v) is 1.02. The number of rotatable bonds is 0. The molecule has 1 nitrogen and oxygen atoms in total. The zero-order chi connectivity index (χ0) is 6.48. The molecule has 0 N–H and O–H groups in total. The van der Waals surface area contributed by atoms with Crippen LogP contribution in [0.1, 0.15) is 6.92 Å². The molecular weight excluding hydrogens is 119 g/mol. The molecule has 0 aromatic carbocycles. The molecule has 1 aliphatic carbocycles. The summed E-state index contributed by atoms with van der Waals surface area (Å²) in [6.07, 6.45) is 4.71. The Morgan fingerprint density at radius 2 is 2.56 bits per heavy atom. The van der Waals surface area contributed by atoms with Crippen molar-refractivity contribution < 1.29 is 9.13 Å². The van der Waals surface area contributed by atoms with Crippen LogP contribution in [0.5, 0.6) is 0 Å². The van der Waals surface area contributed by atoms with Gasteiger partial charge in [-0.15, -0.1) is 0 Å². The van der Waals surface area contributed by atoms with Crippen molar-refractivity contribution in [3.05, 3.63) is 24.1 Å². The molecule has 2 atom stereocenters. The monoisotopic (exact) mass is 126 g/mol. The van der Waals surface area contributed by atoms with Crippen LogP contribution in [-0.4, -0.2) is 11.7 Å². The fraction of sp³-hybridized carbons (Fsp3) is 0.429. The Labute approximate surface area is 52.8 Å². The van der Waals surface area contributed by atoms with E-state index in [-0.39, 0.29) is 17.5 Å². The van der Waals surface area contributed by atoms with Gasteiger partial charge in [0, 0.05) is 0 Å². The van der Waals surface area contributed by atoms with Crippen LogP contribution in [0.15, 0.2) is 24.1 Å². The van der Waals surface area contributed by atoms with E-state index in [0.717, 1.165) is 0 Å². The van der Waals surface area contributed by atoms with E-state index < -0.39 is 0 Å². The van der Waals surface area contributed by atoms with Crippen molar-refractivity contribution in [2.75, 3.05) is 0 Å². The van der Waals surface area contributed by atoms with Crippen LogP contribution < -0.4 is 0 Å². The Hall–Kier alpha value is -0.630. The number of epoxide rings is 1. The van der Waals surface area contributed by atoms with E-state index in [9.17, 15) is 4.39 Å². The largest absolute Gasteiger partial charge is 0.357 e. The third kappa shape index (κ3) is 0.630. The highest BCUT2D eigenvalue weighted by atomic mass is 19.1. The van der Waals surface area contributed by atoms with Crippen LogP contribution in [0.4, 0.5) is 4.39 Å². The van der Waals surface area contributed by atoms with Gasteiger partial charge in [0.2, 0.25) is 0 Å². The van der Waals surface area contributed by atoms with Gasteiger partial charge in [0.15, 0.2) is 0 Å². The van der Waals surface area contributed by atoms with Crippen LogP contribution in [0, 0.1) is 0 Å². The third-order valence-electron chi connectivity index (χ3n) is 1.77. The van der Waals surface area contributed by atoms with Gasteiger partial charge in [0.25, 0.3) is 0 Å². The molecule has 9 heavy (non-hydrogen) atoms. The molecule has 2 heteroatoms. The Morgan fingerprint density at radius 3 is 3.11 bits per heavy atom. The van der Waals surface area contributed by atoms with Crippen molar-refractivity contribution >= 4 is 0 Å². The van der Waals surface area contributed by atoms with E-state index in [2.05, 4.69) is 0 Å². The maximum atomic E-state index is 12.3. The summed E-state index contributed by atoms with van der Waals surface area (Å²) < 4.78 is 17.5. The Bertz CT molecular complexity index is 207. The number of allylic oxidation sites excluding steroid dienone is 2. The van der Waals surface area contributed by atoms with Crippen molar-refractivity contribution in [2.24, 2.45) is 0 Å². The lowest BCUT2D eigenvalue weighted by Gasteiger charge is -1.98. The summed E-state index contributed by atoms with van der Waals surface area (Å²) in [6, 6.07) is 0. The lowest BCUT2D eigenvalue weighted by molar-refractivity contribution is 0.357. The lowest BCUT2D eigenvalue weighted by atomic mass is 10.0. The van der Waals surface area contributed by atoms with Crippen LogP contribution in [0.25, 0.3) is 0 Å². The Kier molecular flexibility index (Phi) is 0.728. The fourth-order valence-electron chi connectivity index (χ4n) is 1.02. The van der Waals surface area contributed by atoms with Gasteiger partial charge in [-0.1, -0.05) is 0 Å². The summed E-state index contributed by atoms with van der Waals surface area (Å²) in [5.74, 6) is -0.185. The first-order valence-electron chi connectivity index (χ1n) is 2.95. The first-order valence-corrected chi connectivity index (χ1v) is 2.95. The van der Waals surface area contributed by atoms with Gasteiger partial charge >= 0.3 is 0 Å². The van der Waals surface area contributed by atoms with Crippen LogP contribution >= 0.6 is 0 Å². The lowest BCUT2D eigenvalue weighted by Crippen LogP contribution is -2.06. The van der Waals surface area contributed by atoms with Gasteiger partial charge in [0.05, 0.1) is 0 Å². The van der Waals surface area contributed by atoms with Gasteiger partial charge in [-0.2, -0.15) is 0 Å². The molecule has 1 aliphatic heterocycles. The minimum absolute atomic E-state index is 0.00231. The van der Waals surface area contributed by atoms with Crippen molar-refractivity contribution in [1.82, 2.24) is 0 Å². The molecule has 0 saturated carbocycles. The maximum Gasteiger partial charge on any atom is 0.121 e. The predicted molar refractivity (Wildman–Crippen MR) is 31.6 cm³/mol. The highest BCUT2D eigenvalue weighted by Crippen LogP contribution is 2.41. The molecular formula is C7H7FO. The average molecular weight is 126 g/mol. The standard InChI is InChI=1S/C7H7FO/c1-7-3-2-5(8)4-6(7)9-7/h2-4,6H,1H3. The summed E-state index contributed by atoms with van der Waals surface area (Å²) in [5.41, 5.74) is -0.171. The van der Waals surface area contributed by atoms with Crippen molar-refractivity contribution in [3.8, 4) is 0 Å². The molecule has 48 valence electrons. The van der Waals surface area contributed by atoms with E-state index >= 15 is 0 Å². The van der Waals surface area contributed by atoms with Crippen LogP contribution in [0.3, 0.4) is 0 Å². The molecule has 0 spiro atoms.